The molecule has 0 aliphatic rings. The predicted molar refractivity (Wildman–Crippen MR) is 127 cm³/mol. The topological polar surface area (TPSA) is 122 Å². The lowest BCUT2D eigenvalue weighted by atomic mass is 10.0. The third-order valence-electron chi connectivity index (χ3n) is 4.39. The molecule has 8 nitrogen and oxygen atoms in total. The molecule has 3 aromatic rings. The van der Waals surface area contributed by atoms with Gasteiger partial charge in [0.25, 0.3) is 5.91 Å². The van der Waals surface area contributed by atoms with Crippen LogP contribution in [-0.4, -0.2) is 45.1 Å². The van der Waals surface area contributed by atoms with Gasteiger partial charge in [0, 0.05) is 30.8 Å². The van der Waals surface area contributed by atoms with E-state index in [1.165, 1.54) is 22.4 Å². The van der Waals surface area contributed by atoms with Gasteiger partial charge in [0.2, 0.25) is 0 Å². The third kappa shape index (κ3) is 4.61. The Morgan fingerprint density at radius 2 is 2.09 bits per heavy atom. The molecule has 0 unspecified atom stereocenters. The first-order valence-corrected chi connectivity index (χ1v) is 10.4. The minimum Gasteiger partial charge on any atom is -0.382 e. The summed E-state index contributed by atoms with van der Waals surface area (Å²) < 4.78 is 0. The summed E-state index contributed by atoms with van der Waals surface area (Å²) in [6, 6.07) is 7.01. The van der Waals surface area contributed by atoms with Crippen LogP contribution >= 0.6 is 11.3 Å². The van der Waals surface area contributed by atoms with E-state index >= 15 is 0 Å². The molecule has 2 N–H and O–H groups in total. The van der Waals surface area contributed by atoms with Crippen LogP contribution in [0.15, 0.2) is 55.3 Å². The van der Waals surface area contributed by atoms with Crippen LogP contribution in [0.3, 0.4) is 0 Å². The number of nitrogens with two attached hydrogens (primary N) is 1. The first-order valence-electron chi connectivity index (χ1n) is 9.58. The standard InChI is InChI=1S/C23H21N7OS/c1-5-7-14(8-6-2)21-28-29-22(32-21)19-20(25)26-13-18(27-19)17-10-9-15(11-16(17)12-24)23(31)30(3)4/h5-11,13H,1H2,2-4H3,(H2,25,26)/b8-6-,14-7+. The number of hydrogen-bond donors (Lipinski definition) is 1. The Hall–Kier alpha value is -4.16. The fourth-order valence-electron chi connectivity index (χ4n) is 2.88. The SMILES string of the molecule is C=C/C=C(\C=C/C)c1nnc(-c2nc(-c3ccc(C(=O)N(C)C)cc3C#N)cnc2N)s1. The second kappa shape index (κ2) is 9.76. The maximum Gasteiger partial charge on any atom is 0.253 e. The fraction of sp³-hybridized carbons (Fsp3) is 0.130. The zero-order valence-corrected chi connectivity index (χ0v) is 18.7. The number of rotatable bonds is 6. The molecule has 0 radical (unpaired) electrons. The average molecular weight is 444 g/mol. The number of anilines is 1. The second-order valence-electron chi connectivity index (χ2n) is 6.83. The molecular formula is C23H21N7OS. The highest BCUT2D eigenvalue weighted by Gasteiger charge is 2.18. The van der Waals surface area contributed by atoms with E-state index in [1.54, 1.807) is 38.4 Å². The van der Waals surface area contributed by atoms with Crippen LogP contribution in [-0.2, 0) is 0 Å². The Morgan fingerprint density at radius 3 is 2.75 bits per heavy atom. The number of nitrogens with zero attached hydrogens (tertiary/aromatic N) is 6. The summed E-state index contributed by atoms with van der Waals surface area (Å²) in [4.78, 5) is 22.5. The van der Waals surface area contributed by atoms with Gasteiger partial charge in [-0.2, -0.15) is 5.26 Å². The van der Waals surface area contributed by atoms with Gasteiger partial charge in [-0.15, -0.1) is 10.2 Å². The lowest BCUT2D eigenvalue weighted by Crippen LogP contribution is -2.21. The molecule has 0 spiro atoms. The molecule has 0 fully saturated rings. The van der Waals surface area contributed by atoms with Crippen molar-refractivity contribution in [3.8, 4) is 28.0 Å². The quantitative estimate of drug-likeness (QED) is 0.572. The average Bonchev–Trinajstić information content (AvgIpc) is 3.28. The Balaban J connectivity index is 2.06. The molecule has 9 heteroatoms. The van der Waals surface area contributed by atoms with Gasteiger partial charge in [-0.3, -0.25) is 4.79 Å². The molecule has 0 saturated heterocycles. The zero-order valence-electron chi connectivity index (χ0n) is 17.9. The van der Waals surface area contributed by atoms with E-state index in [1.807, 2.05) is 25.2 Å². The molecule has 32 heavy (non-hydrogen) atoms. The van der Waals surface area contributed by atoms with Crippen LogP contribution < -0.4 is 5.73 Å². The van der Waals surface area contributed by atoms with Gasteiger partial charge >= 0.3 is 0 Å². The summed E-state index contributed by atoms with van der Waals surface area (Å²) >= 11 is 1.32. The van der Waals surface area contributed by atoms with Crippen LogP contribution in [0.5, 0.6) is 0 Å². The number of aromatic nitrogens is 4. The van der Waals surface area contributed by atoms with Gasteiger partial charge in [0.15, 0.2) is 10.8 Å². The van der Waals surface area contributed by atoms with E-state index in [0.29, 0.717) is 38.1 Å². The molecule has 2 heterocycles. The first kappa shape index (κ1) is 22.5. The van der Waals surface area contributed by atoms with Crippen LogP contribution in [0.25, 0.3) is 27.5 Å². The maximum absolute atomic E-state index is 12.2. The number of nitriles is 1. The van der Waals surface area contributed by atoms with Gasteiger partial charge in [-0.05, 0) is 19.1 Å². The minimum absolute atomic E-state index is 0.192. The summed E-state index contributed by atoms with van der Waals surface area (Å²) in [5.74, 6) is 0.0117. The number of allylic oxidation sites excluding steroid dienone is 5. The number of carbonyl (C=O) groups is 1. The monoisotopic (exact) mass is 443 g/mol. The molecule has 160 valence electrons. The highest BCUT2D eigenvalue weighted by atomic mass is 32.1. The van der Waals surface area contributed by atoms with Crippen molar-refractivity contribution in [3.63, 3.8) is 0 Å². The van der Waals surface area contributed by atoms with E-state index < -0.39 is 0 Å². The maximum atomic E-state index is 12.2. The number of amides is 1. The first-order chi connectivity index (χ1) is 15.4. The van der Waals surface area contributed by atoms with Crippen molar-refractivity contribution in [3.05, 3.63) is 71.4 Å². The van der Waals surface area contributed by atoms with E-state index in [9.17, 15) is 10.1 Å². The lowest BCUT2D eigenvalue weighted by molar-refractivity contribution is 0.0827. The minimum atomic E-state index is -0.192. The van der Waals surface area contributed by atoms with Crippen molar-refractivity contribution in [2.75, 3.05) is 19.8 Å². The second-order valence-corrected chi connectivity index (χ2v) is 7.81. The number of hydrogen-bond acceptors (Lipinski definition) is 8. The summed E-state index contributed by atoms with van der Waals surface area (Å²) in [6.45, 7) is 5.64. The summed E-state index contributed by atoms with van der Waals surface area (Å²) in [5.41, 5.74) is 9.03. The van der Waals surface area contributed by atoms with Crippen LogP contribution in [0.1, 0.15) is 27.9 Å². The molecular weight excluding hydrogens is 422 g/mol. The van der Waals surface area contributed by atoms with Crippen molar-refractivity contribution in [1.29, 1.82) is 5.26 Å². The number of carbonyl (C=O) groups excluding carboxylic acids is 1. The Labute approximate surface area is 190 Å². The normalized spacial score (nSPS) is 11.4. The van der Waals surface area contributed by atoms with Crippen molar-refractivity contribution in [2.45, 2.75) is 6.92 Å². The fourth-order valence-corrected chi connectivity index (χ4v) is 3.72. The van der Waals surface area contributed by atoms with Crippen molar-refractivity contribution >= 4 is 28.6 Å². The molecule has 1 aromatic carbocycles. The summed E-state index contributed by atoms with van der Waals surface area (Å²) in [7, 11) is 3.31. The van der Waals surface area contributed by atoms with Crippen LogP contribution in [0.2, 0.25) is 0 Å². The Bertz CT molecular complexity index is 1280. The molecule has 0 atom stereocenters. The largest absolute Gasteiger partial charge is 0.382 e. The Kier molecular flexibility index (Phi) is 6.87. The molecule has 0 aliphatic heterocycles. The van der Waals surface area contributed by atoms with Crippen molar-refractivity contribution in [1.82, 2.24) is 25.1 Å². The number of nitrogen functional groups attached to an aromatic ring is 1. The van der Waals surface area contributed by atoms with E-state index in [0.717, 1.165) is 5.57 Å². The molecule has 0 bridgehead atoms. The lowest BCUT2D eigenvalue weighted by Gasteiger charge is -2.12. The summed E-state index contributed by atoms with van der Waals surface area (Å²) in [5, 5.41) is 19.3. The highest BCUT2D eigenvalue weighted by molar-refractivity contribution is 7.15. The molecule has 0 aliphatic carbocycles. The number of benzene rings is 1. The van der Waals surface area contributed by atoms with Gasteiger partial charge in [-0.1, -0.05) is 48.3 Å². The van der Waals surface area contributed by atoms with Crippen LogP contribution in [0.4, 0.5) is 5.82 Å². The molecule has 3 rings (SSSR count). The molecule has 1 amide bonds. The summed E-state index contributed by atoms with van der Waals surface area (Å²) in [6.07, 6.45) is 8.82. The van der Waals surface area contributed by atoms with E-state index in [4.69, 9.17) is 5.73 Å². The van der Waals surface area contributed by atoms with E-state index in [2.05, 4.69) is 32.8 Å². The predicted octanol–water partition coefficient (Wildman–Crippen LogP) is 3.96. The van der Waals surface area contributed by atoms with Gasteiger partial charge in [0.1, 0.15) is 10.7 Å². The highest BCUT2D eigenvalue weighted by Crippen LogP contribution is 2.32. The smallest absolute Gasteiger partial charge is 0.253 e. The van der Waals surface area contributed by atoms with Gasteiger partial charge < -0.3 is 10.6 Å². The molecule has 0 saturated carbocycles. The van der Waals surface area contributed by atoms with Crippen molar-refractivity contribution < 1.29 is 4.79 Å². The third-order valence-corrected chi connectivity index (χ3v) is 5.37. The van der Waals surface area contributed by atoms with Crippen LogP contribution in [0, 0.1) is 11.3 Å². The zero-order chi connectivity index (χ0) is 23.3. The Morgan fingerprint density at radius 1 is 1.31 bits per heavy atom. The van der Waals surface area contributed by atoms with E-state index in [-0.39, 0.29) is 11.7 Å². The van der Waals surface area contributed by atoms with Crippen molar-refractivity contribution in [2.24, 2.45) is 0 Å². The van der Waals surface area contributed by atoms with Gasteiger partial charge in [-0.25, -0.2) is 9.97 Å². The van der Waals surface area contributed by atoms with Gasteiger partial charge in [0.05, 0.1) is 23.5 Å². The molecule has 2 aromatic heterocycles.